The molecule has 0 aliphatic rings. The number of carboxylic acids is 1. The zero-order chi connectivity index (χ0) is 20.0. The third kappa shape index (κ3) is 26.8. The molecule has 4 heteroatoms. The van der Waals surface area contributed by atoms with E-state index in [0.717, 1.165) is 18.1 Å². The number of thioether (sulfide) groups is 1. The Hall–Kier alpha value is 0.619. The van der Waals surface area contributed by atoms with Crippen LogP contribution in [0.15, 0.2) is 0 Å². The second-order valence-electron chi connectivity index (χ2n) is 7.73. The quantitative estimate of drug-likeness (QED) is 0.170. The summed E-state index contributed by atoms with van der Waals surface area (Å²) in [6.45, 7) is 11.5. The first-order valence-corrected chi connectivity index (χ1v) is 18.3. The molecule has 0 N–H and O–H groups in total. The van der Waals surface area contributed by atoms with E-state index < -0.39 is 25.7 Å². The number of hydrogen-bond donors (Lipinski definition) is 0. The second-order valence-corrected chi connectivity index (χ2v) is 17.4. The van der Waals surface area contributed by atoms with Crippen molar-refractivity contribution in [2.45, 2.75) is 112 Å². The number of aliphatic carboxylic acids is 1. The average Bonchev–Trinajstić information content (AvgIpc) is 2.60. The van der Waals surface area contributed by atoms with E-state index in [1.54, 1.807) is 13.3 Å². The SMILES string of the molecule is CC(C)CCCCCSCC(=O)[O-].CCC[CH2][Sn+]([CH2]CCC)[CH2]CCC. The summed E-state index contributed by atoms with van der Waals surface area (Å²) in [7, 11) is 0. The molecule has 0 radical (unpaired) electrons. The zero-order valence-electron chi connectivity index (χ0n) is 18.4. The van der Waals surface area contributed by atoms with Crippen LogP contribution >= 0.6 is 11.8 Å². The van der Waals surface area contributed by atoms with Crippen molar-refractivity contribution in [1.82, 2.24) is 0 Å². The van der Waals surface area contributed by atoms with Crippen LogP contribution in [0.4, 0.5) is 0 Å². The molecule has 0 saturated heterocycles. The summed E-state index contributed by atoms with van der Waals surface area (Å²) in [6, 6.07) is 0. The fraction of sp³-hybridized carbons (Fsp3) is 0.955. The van der Waals surface area contributed by atoms with E-state index in [1.807, 2.05) is 0 Å². The number of carbonyl (C=O) groups is 1. The van der Waals surface area contributed by atoms with Crippen molar-refractivity contribution in [3.63, 3.8) is 0 Å². The Morgan fingerprint density at radius 3 is 1.73 bits per heavy atom. The van der Waals surface area contributed by atoms with Gasteiger partial charge in [-0.1, -0.05) is 33.1 Å². The molecule has 26 heavy (non-hydrogen) atoms. The third-order valence-corrected chi connectivity index (χ3v) is 14.5. The van der Waals surface area contributed by atoms with Gasteiger partial charge >= 0.3 is 92.4 Å². The van der Waals surface area contributed by atoms with Crippen molar-refractivity contribution in [3.8, 4) is 0 Å². The number of hydrogen-bond acceptors (Lipinski definition) is 3. The first-order chi connectivity index (χ1) is 12.5. The van der Waals surface area contributed by atoms with Crippen molar-refractivity contribution < 1.29 is 9.90 Å². The molecule has 156 valence electrons. The molecule has 0 aromatic carbocycles. The Labute approximate surface area is 176 Å². The molecule has 0 aliphatic heterocycles. The van der Waals surface area contributed by atoms with Gasteiger partial charge in [-0.25, -0.2) is 0 Å². The van der Waals surface area contributed by atoms with Gasteiger partial charge in [-0.2, -0.15) is 11.8 Å². The molecule has 0 bridgehead atoms. The van der Waals surface area contributed by atoms with Crippen LogP contribution in [-0.2, 0) is 4.79 Å². The van der Waals surface area contributed by atoms with Crippen LogP contribution in [0.3, 0.4) is 0 Å². The molecular formula is C22H46O2SSn. The van der Waals surface area contributed by atoms with Gasteiger partial charge in [0.05, 0.1) is 5.97 Å². The molecule has 0 atom stereocenters. The third-order valence-electron chi connectivity index (χ3n) is 4.44. The van der Waals surface area contributed by atoms with E-state index in [0.29, 0.717) is 0 Å². The Balaban J connectivity index is 0. The van der Waals surface area contributed by atoms with E-state index in [9.17, 15) is 9.90 Å². The van der Waals surface area contributed by atoms with Crippen LogP contribution in [-0.4, -0.2) is 37.2 Å². The van der Waals surface area contributed by atoms with E-state index in [2.05, 4.69) is 34.6 Å². The molecule has 0 rings (SSSR count). The average molecular weight is 493 g/mol. The molecule has 0 heterocycles. The van der Waals surface area contributed by atoms with E-state index in [1.165, 1.54) is 69.5 Å². The maximum absolute atomic E-state index is 10.0. The predicted molar refractivity (Wildman–Crippen MR) is 121 cm³/mol. The van der Waals surface area contributed by atoms with Gasteiger partial charge in [-0.3, -0.25) is 0 Å². The van der Waals surface area contributed by atoms with Crippen LogP contribution in [0, 0.1) is 5.92 Å². The van der Waals surface area contributed by atoms with Crippen molar-refractivity contribution >= 4 is 37.5 Å². The zero-order valence-corrected chi connectivity index (χ0v) is 22.1. The minimum atomic E-state index is -0.952. The van der Waals surface area contributed by atoms with Gasteiger partial charge in [0, 0.05) is 5.75 Å². The van der Waals surface area contributed by atoms with Crippen LogP contribution in [0.2, 0.25) is 13.3 Å². The Kier molecular flexibility index (Phi) is 26.2. The number of rotatable bonds is 17. The first-order valence-electron chi connectivity index (χ1n) is 11.1. The van der Waals surface area contributed by atoms with Gasteiger partial charge in [0.1, 0.15) is 0 Å². The fourth-order valence-electron chi connectivity index (χ4n) is 2.74. The van der Waals surface area contributed by atoms with E-state index in [4.69, 9.17) is 0 Å². The molecule has 0 aromatic rings. The van der Waals surface area contributed by atoms with E-state index >= 15 is 0 Å². The fourth-order valence-corrected chi connectivity index (χ4v) is 12.9. The molecule has 0 saturated carbocycles. The van der Waals surface area contributed by atoms with Crippen LogP contribution in [0.1, 0.15) is 98.8 Å². The van der Waals surface area contributed by atoms with Gasteiger partial charge in [-0.05, 0) is 18.1 Å². The number of unbranched alkanes of at least 4 members (excludes halogenated alkanes) is 5. The molecular weight excluding hydrogens is 447 g/mol. The van der Waals surface area contributed by atoms with Gasteiger partial charge in [-0.15, -0.1) is 0 Å². The first kappa shape index (κ1) is 28.8. The summed E-state index contributed by atoms with van der Waals surface area (Å²) < 4.78 is 5.04. The van der Waals surface area contributed by atoms with Gasteiger partial charge in [0.15, 0.2) is 0 Å². The predicted octanol–water partition coefficient (Wildman–Crippen LogP) is 6.57. The molecule has 0 spiro atoms. The molecule has 2 nitrogen and oxygen atoms in total. The molecule has 0 unspecified atom stereocenters. The Morgan fingerprint density at radius 2 is 1.35 bits per heavy atom. The minimum absolute atomic E-state index is 0.143. The van der Waals surface area contributed by atoms with Crippen molar-refractivity contribution in [2.24, 2.45) is 5.92 Å². The second kappa shape index (κ2) is 23.7. The molecule has 0 aromatic heterocycles. The maximum atomic E-state index is 10.0. The number of carbonyl (C=O) groups excluding carboxylic acids is 1. The van der Waals surface area contributed by atoms with Crippen LogP contribution < -0.4 is 5.11 Å². The summed E-state index contributed by atoms with van der Waals surface area (Å²) in [4.78, 5) is 10.0. The number of carboxylic acid groups (broad SMARTS) is 1. The topological polar surface area (TPSA) is 40.1 Å². The van der Waals surface area contributed by atoms with E-state index in [-0.39, 0.29) is 5.75 Å². The summed E-state index contributed by atoms with van der Waals surface area (Å²) in [5.74, 6) is 0.930. The monoisotopic (exact) mass is 494 g/mol. The Bertz CT molecular complexity index is 266. The van der Waals surface area contributed by atoms with Crippen LogP contribution in [0.5, 0.6) is 0 Å². The van der Waals surface area contributed by atoms with Gasteiger partial charge in [0.25, 0.3) is 0 Å². The molecule has 0 fully saturated rings. The van der Waals surface area contributed by atoms with Crippen molar-refractivity contribution in [1.29, 1.82) is 0 Å². The molecule has 0 aliphatic carbocycles. The normalized spacial score (nSPS) is 10.5. The summed E-state index contributed by atoms with van der Waals surface area (Å²) in [5, 5.41) is 10.0. The summed E-state index contributed by atoms with van der Waals surface area (Å²) >= 11 is 0.619. The van der Waals surface area contributed by atoms with Crippen LogP contribution in [0.25, 0.3) is 0 Å². The van der Waals surface area contributed by atoms with Gasteiger partial charge < -0.3 is 9.90 Å². The standard InChI is InChI=1S/C10H20O2S.3C4H9.Sn/c1-9(2)6-4-3-5-7-13-8-10(11)12;3*1-3-4-2;/h9H,3-8H2,1-2H3,(H,11,12);3*1,3-4H2,2H3;/q;;;;+1/p-1. The van der Waals surface area contributed by atoms with Crippen molar-refractivity contribution in [3.05, 3.63) is 0 Å². The summed E-state index contributed by atoms with van der Waals surface area (Å²) in [6.07, 6.45) is 13.7. The summed E-state index contributed by atoms with van der Waals surface area (Å²) in [5.41, 5.74) is 0. The van der Waals surface area contributed by atoms with Gasteiger partial charge in [0.2, 0.25) is 0 Å². The molecule has 0 amide bonds. The van der Waals surface area contributed by atoms with Crippen molar-refractivity contribution in [2.75, 3.05) is 11.5 Å². The Morgan fingerprint density at radius 1 is 0.846 bits per heavy atom.